The summed E-state index contributed by atoms with van der Waals surface area (Å²) in [4.78, 5) is 12.5. The molecule has 0 aromatic carbocycles. The third-order valence-corrected chi connectivity index (χ3v) is 4.97. The lowest BCUT2D eigenvalue weighted by atomic mass is 10.1. The molecular formula is C15H26N4OS. The van der Waals surface area contributed by atoms with Gasteiger partial charge in [0.25, 0.3) is 0 Å². The second-order valence-corrected chi connectivity index (χ2v) is 6.55. The SMILES string of the molecule is CCc1cnc(CCNC(=NC)N2CCC(COC)C2)s1. The average molecular weight is 310 g/mol. The maximum absolute atomic E-state index is 5.25. The normalized spacial score (nSPS) is 19.3. The maximum atomic E-state index is 5.25. The van der Waals surface area contributed by atoms with E-state index in [9.17, 15) is 0 Å². The summed E-state index contributed by atoms with van der Waals surface area (Å²) >= 11 is 1.81. The van der Waals surface area contributed by atoms with Crippen molar-refractivity contribution < 1.29 is 4.74 Å². The smallest absolute Gasteiger partial charge is 0.193 e. The van der Waals surface area contributed by atoms with Crippen LogP contribution in [0.5, 0.6) is 0 Å². The number of nitrogens with one attached hydrogen (secondary N) is 1. The molecule has 0 amide bonds. The quantitative estimate of drug-likeness (QED) is 0.643. The van der Waals surface area contributed by atoms with Crippen LogP contribution in [0.4, 0.5) is 0 Å². The lowest BCUT2D eigenvalue weighted by molar-refractivity contribution is 0.157. The highest BCUT2D eigenvalue weighted by atomic mass is 32.1. The third kappa shape index (κ3) is 4.68. The van der Waals surface area contributed by atoms with Crippen molar-refractivity contribution in [3.05, 3.63) is 16.1 Å². The Bertz CT molecular complexity index is 460. The number of guanidine groups is 1. The van der Waals surface area contributed by atoms with E-state index in [1.165, 1.54) is 16.3 Å². The highest BCUT2D eigenvalue weighted by Crippen LogP contribution is 2.16. The van der Waals surface area contributed by atoms with Gasteiger partial charge in [-0.25, -0.2) is 4.98 Å². The van der Waals surface area contributed by atoms with Gasteiger partial charge < -0.3 is 15.0 Å². The van der Waals surface area contributed by atoms with E-state index in [1.54, 1.807) is 7.11 Å². The average Bonchev–Trinajstić information content (AvgIpc) is 3.13. The maximum Gasteiger partial charge on any atom is 0.193 e. The molecule has 1 saturated heterocycles. The number of thiazole rings is 1. The van der Waals surface area contributed by atoms with E-state index < -0.39 is 0 Å². The molecule has 0 spiro atoms. The van der Waals surface area contributed by atoms with Gasteiger partial charge in [-0.2, -0.15) is 0 Å². The number of aromatic nitrogens is 1. The first kappa shape index (κ1) is 16.2. The number of nitrogens with zero attached hydrogens (tertiary/aromatic N) is 3. The fourth-order valence-electron chi connectivity index (χ4n) is 2.64. The van der Waals surface area contributed by atoms with Crippen LogP contribution < -0.4 is 5.32 Å². The predicted octanol–water partition coefficient (Wildman–Crippen LogP) is 1.79. The largest absolute Gasteiger partial charge is 0.384 e. The van der Waals surface area contributed by atoms with Gasteiger partial charge in [0.15, 0.2) is 5.96 Å². The molecule has 0 radical (unpaired) electrons. The molecule has 21 heavy (non-hydrogen) atoms. The number of ether oxygens (including phenoxy) is 1. The number of methoxy groups -OCH3 is 1. The second-order valence-electron chi connectivity index (χ2n) is 5.35. The Kier molecular flexibility index (Phi) is 6.45. The van der Waals surface area contributed by atoms with Gasteiger partial charge in [0, 0.05) is 57.2 Å². The number of hydrogen-bond donors (Lipinski definition) is 1. The van der Waals surface area contributed by atoms with Crippen LogP contribution in [0.1, 0.15) is 23.2 Å². The van der Waals surface area contributed by atoms with Gasteiger partial charge in [-0.3, -0.25) is 4.99 Å². The molecule has 2 rings (SSSR count). The lowest BCUT2D eigenvalue weighted by Gasteiger charge is -2.21. The molecule has 1 unspecified atom stereocenters. The van der Waals surface area contributed by atoms with Crippen molar-refractivity contribution in [3.8, 4) is 0 Å². The first-order chi connectivity index (χ1) is 10.3. The second kappa shape index (κ2) is 8.34. The fourth-order valence-corrected chi connectivity index (χ4v) is 3.50. The van der Waals surface area contributed by atoms with Crippen LogP contribution >= 0.6 is 11.3 Å². The fraction of sp³-hybridized carbons (Fsp3) is 0.733. The van der Waals surface area contributed by atoms with Gasteiger partial charge in [-0.05, 0) is 12.8 Å². The molecule has 1 aliphatic heterocycles. The first-order valence-corrected chi connectivity index (χ1v) is 8.46. The summed E-state index contributed by atoms with van der Waals surface area (Å²) in [6.07, 6.45) is 5.20. The highest BCUT2D eigenvalue weighted by molar-refractivity contribution is 7.11. The molecular weight excluding hydrogens is 284 g/mol. The van der Waals surface area contributed by atoms with Gasteiger partial charge in [-0.15, -0.1) is 11.3 Å². The Morgan fingerprint density at radius 1 is 1.62 bits per heavy atom. The zero-order valence-electron chi connectivity index (χ0n) is 13.3. The number of hydrogen-bond acceptors (Lipinski definition) is 4. The molecule has 0 aliphatic carbocycles. The number of rotatable bonds is 6. The minimum absolute atomic E-state index is 0.625. The van der Waals surface area contributed by atoms with Gasteiger partial charge in [0.1, 0.15) is 0 Å². The van der Waals surface area contributed by atoms with E-state index >= 15 is 0 Å². The van der Waals surface area contributed by atoms with Crippen molar-refractivity contribution in [1.82, 2.24) is 15.2 Å². The summed E-state index contributed by atoms with van der Waals surface area (Å²) in [5.74, 6) is 1.63. The Morgan fingerprint density at radius 2 is 2.48 bits per heavy atom. The summed E-state index contributed by atoms with van der Waals surface area (Å²) in [7, 11) is 3.62. The summed E-state index contributed by atoms with van der Waals surface area (Å²) in [6, 6.07) is 0. The van der Waals surface area contributed by atoms with Crippen LogP contribution in [0.15, 0.2) is 11.2 Å². The van der Waals surface area contributed by atoms with E-state index in [-0.39, 0.29) is 0 Å². The van der Waals surface area contributed by atoms with Crippen molar-refractivity contribution in [2.24, 2.45) is 10.9 Å². The summed E-state index contributed by atoms with van der Waals surface area (Å²) in [6.45, 7) is 5.98. The Morgan fingerprint density at radius 3 is 3.14 bits per heavy atom. The van der Waals surface area contributed by atoms with Gasteiger partial charge in [0.05, 0.1) is 11.6 Å². The van der Waals surface area contributed by atoms with Crippen LogP contribution in [0.3, 0.4) is 0 Å². The molecule has 0 bridgehead atoms. The van der Waals surface area contributed by atoms with Crippen molar-refractivity contribution in [3.63, 3.8) is 0 Å². The Hall–Kier alpha value is -1.14. The van der Waals surface area contributed by atoms with Crippen molar-refractivity contribution in [2.45, 2.75) is 26.2 Å². The van der Waals surface area contributed by atoms with Crippen LogP contribution in [-0.2, 0) is 17.6 Å². The zero-order valence-corrected chi connectivity index (χ0v) is 14.1. The van der Waals surface area contributed by atoms with Crippen LogP contribution in [0.25, 0.3) is 0 Å². The van der Waals surface area contributed by atoms with Crippen LogP contribution in [0, 0.1) is 5.92 Å². The standard InChI is InChI=1S/C15H26N4OS/c1-4-13-9-18-14(21-13)5-7-17-15(16-2)19-8-6-12(10-19)11-20-3/h9,12H,4-8,10-11H2,1-3H3,(H,16,17). The van der Waals surface area contributed by atoms with Gasteiger partial charge in [-0.1, -0.05) is 6.92 Å². The lowest BCUT2D eigenvalue weighted by Crippen LogP contribution is -2.41. The molecule has 1 aliphatic rings. The Labute approximate surface area is 131 Å². The van der Waals surface area contributed by atoms with Gasteiger partial charge in [0.2, 0.25) is 0 Å². The van der Waals surface area contributed by atoms with E-state index in [0.717, 1.165) is 45.0 Å². The molecule has 1 N–H and O–H groups in total. The summed E-state index contributed by atoms with van der Waals surface area (Å²) < 4.78 is 5.25. The molecule has 5 nitrogen and oxygen atoms in total. The van der Waals surface area contributed by atoms with Crippen molar-refractivity contribution >= 4 is 17.3 Å². The van der Waals surface area contributed by atoms with E-state index in [0.29, 0.717) is 5.92 Å². The molecule has 1 atom stereocenters. The van der Waals surface area contributed by atoms with E-state index in [1.807, 2.05) is 24.6 Å². The van der Waals surface area contributed by atoms with Crippen molar-refractivity contribution in [2.75, 3.05) is 40.4 Å². The third-order valence-electron chi connectivity index (χ3n) is 3.77. The monoisotopic (exact) mass is 310 g/mol. The number of aryl methyl sites for hydroxylation is 1. The Balaban J connectivity index is 1.75. The molecule has 6 heteroatoms. The number of aliphatic imine (C=N–C) groups is 1. The van der Waals surface area contributed by atoms with E-state index in [4.69, 9.17) is 4.74 Å². The summed E-state index contributed by atoms with van der Waals surface area (Å²) in [5, 5.41) is 4.65. The topological polar surface area (TPSA) is 49.8 Å². The van der Waals surface area contributed by atoms with Crippen LogP contribution in [-0.4, -0.2) is 56.2 Å². The highest BCUT2D eigenvalue weighted by Gasteiger charge is 2.24. The zero-order chi connectivity index (χ0) is 15.1. The first-order valence-electron chi connectivity index (χ1n) is 7.65. The predicted molar refractivity (Wildman–Crippen MR) is 88.1 cm³/mol. The number of likely N-dealkylation sites (tertiary alicyclic amines) is 1. The van der Waals surface area contributed by atoms with E-state index in [2.05, 4.69) is 27.1 Å². The minimum Gasteiger partial charge on any atom is -0.384 e. The molecule has 1 aromatic rings. The molecule has 2 heterocycles. The molecule has 118 valence electrons. The molecule has 1 fully saturated rings. The molecule has 1 aromatic heterocycles. The summed E-state index contributed by atoms with van der Waals surface area (Å²) in [5.41, 5.74) is 0. The van der Waals surface area contributed by atoms with Gasteiger partial charge >= 0.3 is 0 Å². The van der Waals surface area contributed by atoms with Crippen molar-refractivity contribution in [1.29, 1.82) is 0 Å². The molecule has 0 saturated carbocycles. The minimum atomic E-state index is 0.625. The van der Waals surface area contributed by atoms with Crippen LogP contribution in [0.2, 0.25) is 0 Å².